The van der Waals surface area contributed by atoms with Crippen molar-refractivity contribution in [3.05, 3.63) is 78.0 Å². The Morgan fingerprint density at radius 3 is 2.54 bits per heavy atom. The maximum atomic E-state index is 12.2. The van der Waals surface area contributed by atoms with Crippen LogP contribution in [0.3, 0.4) is 0 Å². The number of benzene rings is 3. The van der Waals surface area contributed by atoms with E-state index in [1.165, 1.54) is 6.92 Å². The van der Waals surface area contributed by atoms with Gasteiger partial charge in [-0.15, -0.1) is 0 Å². The van der Waals surface area contributed by atoms with Gasteiger partial charge in [-0.1, -0.05) is 36.4 Å². The predicted molar refractivity (Wildman–Crippen MR) is 112 cm³/mol. The molecule has 3 aromatic carbocycles. The Balaban J connectivity index is 1.49. The summed E-state index contributed by atoms with van der Waals surface area (Å²) in [6.07, 6.45) is 3.49. The number of hydrazone groups is 1. The zero-order chi connectivity index (χ0) is 19.5. The second kappa shape index (κ2) is 7.36. The van der Waals surface area contributed by atoms with Gasteiger partial charge in [0.05, 0.1) is 11.7 Å². The van der Waals surface area contributed by atoms with Gasteiger partial charge in [-0.25, -0.2) is 5.43 Å². The average molecular weight is 370 g/mol. The molecule has 0 atom stereocenters. The van der Waals surface area contributed by atoms with Gasteiger partial charge in [-0.3, -0.25) is 9.59 Å². The minimum Gasteiger partial charge on any atom is -0.360 e. The van der Waals surface area contributed by atoms with Crippen molar-refractivity contribution in [2.75, 3.05) is 5.32 Å². The highest BCUT2D eigenvalue weighted by molar-refractivity contribution is 6.11. The van der Waals surface area contributed by atoms with Crippen molar-refractivity contribution in [3.8, 4) is 0 Å². The van der Waals surface area contributed by atoms with E-state index < -0.39 is 0 Å². The zero-order valence-electron chi connectivity index (χ0n) is 15.2. The highest BCUT2D eigenvalue weighted by Gasteiger charge is 2.07. The van der Waals surface area contributed by atoms with E-state index in [2.05, 4.69) is 39.0 Å². The molecule has 138 valence electrons. The Hall–Kier alpha value is -3.93. The molecular formula is C22H18N4O2. The molecule has 0 saturated heterocycles. The molecule has 0 aliphatic carbocycles. The minimum atomic E-state index is -0.323. The quantitative estimate of drug-likeness (QED) is 0.374. The maximum absolute atomic E-state index is 12.2. The molecule has 1 aromatic heterocycles. The van der Waals surface area contributed by atoms with Gasteiger partial charge in [0.25, 0.3) is 5.91 Å². The standard InChI is InChI=1S/C22H18N4O2/c1-14(27)25-18-9-6-16(7-10-18)22(28)26-24-13-17-12-23-21-19-5-3-2-4-15(19)8-11-20(17)21/h2-13,23H,1H3,(H,25,27)(H,26,28)/b24-13+. The molecular weight excluding hydrogens is 352 g/mol. The van der Waals surface area contributed by atoms with Gasteiger partial charge in [0.15, 0.2) is 0 Å². The summed E-state index contributed by atoms with van der Waals surface area (Å²) in [6, 6.07) is 18.9. The van der Waals surface area contributed by atoms with Crippen LogP contribution in [0.4, 0.5) is 5.69 Å². The normalized spacial score (nSPS) is 11.2. The number of carbonyl (C=O) groups is 2. The molecule has 4 aromatic rings. The van der Waals surface area contributed by atoms with E-state index in [-0.39, 0.29) is 11.8 Å². The number of H-pyrrole nitrogens is 1. The Labute approximate surface area is 161 Å². The van der Waals surface area contributed by atoms with Crippen molar-refractivity contribution in [2.24, 2.45) is 5.10 Å². The van der Waals surface area contributed by atoms with Crippen LogP contribution in [0.5, 0.6) is 0 Å². The molecule has 3 N–H and O–H groups in total. The Morgan fingerprint density at radius 2 is 1.75 bits per heavy atom. The lowest BCUT2D eigenvalue weighted by Gasteiger charge is -2.03. The summed E-state index contributed by atoms with van der Waals surface area (Å²) >= 11 is 0. The van der Waals surface area contributed by atoms with Gasteiger partial charge in [0, 0.05) is 40.7 Å². The van der Waals surface area contributed by atoms with Crippen LogP contribution < -0.4 is 10.7 Å². The number of amides is 2. The summed E-state index contributed by atoms with van der Waals surface area (Å²) in [5, 5.41) is 10.1. The first kappa shape index (κ1) is 17.5. The van der Waals surface area contributed by atoms with Crippen molar-refractivity contribution in [1.82, 2.24) is 10.4 Å². The van der Waals surface area contributed by atoms with Crippen molar-refractivity contribution in [2.45, 2.75) is 6.92 Å². The first-order valence-corrected chi connectivity index (χ1v) is 8.82. The average Bonchev–Trinajstić information content (AvgIpc) is 3.11. The summed E-state index contributed by atoms with van der Waals surface area (Å²) in [7, 11) is 0. The van der Waals surface area contributed by atoms with Crippen LogP contribution in [0.15, 0.2) is 72.0 Å². The Bertz CT molecular complexity index is 1210. The molecule has 6 nitrogen and oxygen atoms in total. The van der Waals surface area contributed by atoms with E-state index in [4.69, 9.17) is 0 Å². The van der Waals surface area contributed by atoms with E-state index >= 15 is 0 Å². The summed E-state index contributed by atoms with van der Waals surface area (Å²) in [5.74, 6) is -0.482. The third kappa shape index (κ3) is 3.48. The second-order valence-electron chi connectivity index (χ2n) is 6.41. The first-order chi connectivity index (χ1) is 13.6. The number of carbonyl (C=O) groups excluding carboxylic acids is 2. The topological polar surface area (TPSA) is 86.3 Å². The lowest BCUT2D eigenvalue weighted by Crippen LogP contribution is -2.17. The smallest absolute Gasteiger partial charge is 0.271 e. The van der Waals surface area contributed by atoms with Crippen LogP contribution in [0.1, 0.15) is 22.8 Å². The number of hydrogen-bond acceptors (Lipinski definition) is 3. The van der Waals surface area contributed by atoms with Gasteiger partial charge < -0.3 is 10.3 Å². The predicted octanol–water partition coefficient (Wildman–Crippen LogP) is 4.04. The molecule has 0 saturated carbocycles. The lowest BCUT2D eigenvalue weighted by molar-refractivity contribution is -0.114. The summed E-state index contributed by atoms with van der Waals surface area (Å²) < 4.78 is 0. The molecule has 0 radical (unpaired) electrons. The van der Waals surface area contributed by atoms with Gasteiger partial charge >= 0.3 is 0 Å². The molecule has 0 unspecified atom stereocenters. The fourth-order valence-corrected chi connectivity index (χ4v) is 3.14. The maximum Gasteiger partial charge on any atom is 0.271 e. The van der Waals surface area contributed by atoms with Crippen molar-refractivity contribution in [1.29, 1.82) is 0 Å². The first-order valence-electron chi connectivity index (χ1n) is 8.82. The molecule has 1 heterocycles. The van der Waals surface area contributed by atoms with E-state index in [9.17, 15) is 9.59 Å². The molecule has 6 heteroatoms. The summed E-state index contributed by atoms with van der Waals surface area (Å²) in [5.41, 5.74) is 5.55. The molecule has 0 aliphatic heterocycles. The van der Waals surface area contributed by atoms with Crippen molar-refractivity contribution >= 4 is 45.4 Å². The van der Waals surface area contributed by atoms with Crippen LogP contribution in [0, 0.1) is 0 Å². The van der Waals surface area contributed by atoms with E-state index in [1.807, 2.05) is 24.4 Å². The van der Waals surface area contributed by atoms with Crippen molar-refractivity contribution < 1.29 is 9.59 Å². The number of fused-ring (bicyclic) bond motifs is 3. The monoisotopic (exact) mass is 370 g/mol. The fourth-order valence-electron chi connectivity index (χ4n) is 3.14. The number of anilines is 1. The zero-order valence-corrected chi connectivity index (χ0v) is 15.2. The number of nitrogens with one attached hydrogen (secondary N) is 3. The Kier molecular flexibility index (Phi) is 4.60. The van der Waals surface area contributed by atoms with Crippen LogP contribution in [0.25, 0.3) is 21.7 Å². The third-order valence-corrected chi connectivity index (χ3v) is 4.45. The molecule has 0 fully saturated rings. The minimum absolute atomic E-state index is 0.159. The Morgan fingerprint density at radius 1 is 0.964 bits per heavy atom. The van der Waals surface area contributed by atoms with Crippen molar-refractivity contribution in [3.63, 3.8) is 0 Å². The molecule has 28 heavy (non-hydrogen) atoms. The highest BCUT2D eigenvalue weighted by atomic mass is 16.2. The lowest BCUT2D eigenvalue weighted by atomic mass is 10.1. The summed E-state index contributed by atoms with van der Waals surface area (Å²) in [6.45, 7) is 1.43. The van der Waals surface area contributed by atoms with Gasteiger partial charge in [0.2, 0.25) is 5.91 Å². The molecule has 0 aliphatic rings. The van der Waals surface area contributed by atoms with Gasteiger partial charge in [-0.2, -0.15) is 5.10 Å². The number of aromatic nitrogens is 1. The fraction of sp³-hybridized carbons (Fsp3) is 0.0455. The number of nitrogens with zero attached hydrogens (tertiary/aromatic N) is 1. The molecule has 0 spiro atoms. The molecule has 2 amide bonds. The van der Waals surface area contributed by atoms with Crippen LogP contribution in [-0.4, -0.2) is 23.0 Å². The van der Waals surface area contributed by atoms with E-state index in [0.29, 0.717) is 11.3 Å². The number of hydrogen-bond donors (Lipinski definition) is 3. The van der Waals surface area contributed by atoms with Crippen LogP contribution >= 0.6 is 0 Å². The van der Waals surface area contributed by atoms with Gasteiger partial charge in [-0.05, 0) is 29.7 Å². The highest BCUT2D eigenvalue weighted by Crippen LogP contribution is 2.26. The van der Waals surface area contributed by atoms with Gasteiger partial charge in [0.1, 0.15) is 0 Å². The van der Waals surface area contributed by atoms with E-state index in [1.54, 1.807) is 30.5 Å². The van der Waals surface area contributed by atoms with Crippen LogP contribution in [0.2, 0.25) is 0 Å². The molecule has 0 bridgehead atoms. The van der Waals surface area contributed by atoms with Crippen LogP contribution in [-0.2, 0) is 4.79 Å². The van der Waals surface area contributed by atoms with E-state index in [0.717, 1.165) is 27.2 Å². The number of aromatic amines is 1. The largest absolute Gasteiger partial charge is 0.360 e. The number of rotatable bonds is 4. The molecule has 4 rings (SSSR count). The summed E-state index contributed by atoms with van der Waals surface area (Å²) in [4.78, 5) is 26.5. The second-order valence-corrected chi connectivity index (χ2v) is 6.41. The third-order valence-electron chi connectivity index (χ3n) is 4.45. The SMILES string of the molecule is CC(=O)Nc1ccc(C(=O)N/N=C/c2c[nH]c3c2ccc2ccccc23)cc1.